The highest BCUT2D eigenvalue weighted by atomic mass is 16.5. The molecule has 0 saturated carbocycles. The van der Waals surface area contributed by atoms with Gasteiger partial charge in [0.2, 0.25) is 0 Å². The Bertz CT molecular complexity index is 73.5. The van der Waals surface area contributed by atoms with Crippen molar-refractivity contribution in [1.82, 2.24) is 5.32 Å². The van der Waals surface area contributed by atoms with Crippen LogP contribution < -0.4 is 5.32 Å². The second-order valence-corrected chi connectivity index (χ2v) is 2.24. The van der Waals surface area contributed by atoms with Crippen molar-refractivity contribution in [2.24, 2.45) is 0 Å². The highest BCUT2D eigenvalue weighted by molar-refractivity contribution is 4.76. The summed E-state index contributed by atoms with van der Waals surface area (Å²) in [5.41, 5.74) is 0. The molecule has 0 bridgehead atoms. The molecule has 1 aliphatic heterocycles. The molecule has 2 N–H and O–H groups in total. The van der Waals surface area contributed by atoms with Crippen molar-refractivity contribution >= 4 is 0 Å². The highest BCUT2D eigenvalue weighted by Crippen LogP contribution is 2.00. The third-order valence-electron chi connectivity index (χ3n) is 1.48. The number of aliphatic hydroxyl groups is 1. The van der Waals surface area contributed by atoms with E-state index in [0.29, 0.717) is 12.6 Å². The molecule has 1 unspecified atom stereocenters. The van der Waals surface area contributed by atoms with Gasteiger partial charge in [-0.2, -0.15) is 0 Å². The van der Waals surface area contributed by atoms with E-state index in [1.54, 1.807) is 0 Å². The molecular weight excluding hydrogens is 118 g/mol. The van der Waals surface area contributed by atoms with Crippen LogP contribution in [0, 0.1) is 0 Å². The van der Waals surface area contributed by atoms with E-state index in [-0.39, 0.29) is 6.61 Å². The van der Waals surface area contributed by atoms with Gasteiger partial charge in [0.15, 0.2) is 0 Å². The zero-order valence-electron chi connectivity index (χ0n) is 5.47. The van der Waals surface area contributed by atoms with Crippen LogP contribution >= 0.6 is 0 Å². The third kappa shape index (κ3) is 2.30. The molecule has 0 aromatic carbocycles. The Morgan fingerprint density at radius 3 is 2.89 bits per heavy atom. The fourth-order valence-electron chi connectivity index (χ4n) is 0.781. The molecule has 1 rings (SSSR count). The molecule has 0 aromatic heterocycles. The third-order valence-corrected chi connectivity index (χ3v) is 1.48. The molecular formula is C6H13NO2. The lowest BCUT2D eigenvalue weighted by Crippen LogP contribution is -2.46. The maximum atomic E-state index is 8.32. The predicted molar refractivity (Wildman–Crippen MR) is 34.3 cm³/mol. The van der Waals surface area contributed by atoms with Gasteiger partial charge < -0.3 is 15.2 Å². The van der Waals surface area contributed by atoms with E-state index in [9.17, 15) is 0 Å². The Morgan fingerprint density at radius 1 is 1.67 bits per heavy atom. The lowest BCUT2D eigenvalue weighted by atomic mass is 10.1. The Labute approximate surface area is 55.0 Å². The molecule has 0 aliphatic carbocycles. The zero-order valence-corrected chi connectivity index (χ0v) is 5.47. The first-order chi connectivity index (χ1) is 4.43. The summed E-state index contributed by atoms with van der Waals surface area (Å²) in [5.74, 6) is 0. The fraction of sp³-hybridized carbons (Fsp3) is 1.00. The SMILES string of the molecule is OCCOCC1CCN1. The van der Waals surface area contributed by atoms with Crippen LogP contribution in [0.5, 0.6) is 0 Å². The van der Waals surface area contributed by atoms with Crippen LogP contribution in [0.25, 0.3) is 0 Å². The van der Waals surface area contributed by atoms with E-state index in [2.05, 4.69) is 5.32 Å². The number of aliphatic hydroxyl groups excluding tert-OH is 1. The first-order valence-electron chi connectivity index (χ1n) is 3.35. The van der Waals surface area contributed by atoms with Crippen molar-refractivity contribution in [1.29, 1.82) is 0 Å². The van der Waals surface area contributed by atoms with Gasteiger partial charge in [-0.25, -0.2) is 0 Å². The molecule has 1 aliphatic rings. The van der Waals surface area contributed by atoms with Crippen LogP contribution in [0.15, 0.2) is 0 Å². The first-order valence-corrected chi connectivity index (χ1v) is 3.35. The van der Waals surface area contributed by atoms with Gasteiger partial charge in [0.25, 0.3) is 0 Å². The van der Waals surface area contributed by atoms with Crippen molar-refractivity contribution < 1.29 is 9.84 Å². The van der Waals surface area contributed by atoms with E-state index in [4.69, 9.17) is 9.84 Å². The smallest absolute Gasteiger partial charge is 0.0698 e. The fourth-order valence-corrected chi connectivity index (χ4v) is 0.781. The summed E-state index contributed by atoms with van der Waals surface area (Å²) >= 11 is 0. The quantitative estimate of drug-likeness (QED) is 0.498. The molecule has 0 spiro atoms. The van der Waals surface area contributed by atoms with E-state index in [1.807, 2.05) is 0 Å². The predicted octanol–water partition coefficient (Wildman–Crippen LogP) is -0.643. The summed E-state index contributed by atoms with van der Waals surface area (Å²) in [6.45, 7) is 2.47. The van der Waals surface area contributed by atoms with Gasteiger partial charge in [-0.3, -0.25) is 0 Å². The van der Waals surface area contributed by atoms with E-state index < -0.39 is 0 Å². The Kier molecular flexibility index (Phi) is 2.97. The second kappa shape index (κ2) is 3.82. The van der Waals surface area contributed by atoms with Gasteiger partial charge in [0, 0.05) is 6.04 Å². The Hall–Kier alpha value is -0.120. The maximum Gasteiger partial charge on any atom is 0.0698 e. The minimum Gasteiger partial charge on any atom is -0.394 e. The number of hydrogen-bond acceptors (Lipinski definition) is 3. The van der Waals surface area contributed by atoms with Crippen LogP contribution in [0.1, 0.15) is 6.42 Å². The molecule has 1 saturated heterocycles. The number of hydrogen-bond donors (Lipinski definition) is 2. The summed E-state index contributed by atoms with van der Waals surface area (Å²) < 4.78 is 5.07. The molecule has 9 heavy (non-hydrogen) atoms. The van der Waals surface area contributed by atoms with Crippen molar-refractivity contribution in [2.75, 3.05) is 26.4 Å². The van der Waals surface area contributed by atoms with Gasteiger partial charge in [0.05, 0.1) is 19.8 Å². The highest BCUT2D eigenvalue weighted by Gasteiger charge is 2.15. The van der Waals surface area contributed by atoms with Crippen molar-refractivity contribution in [3.05, 3.63) is 0 Å². The first kappa shape index (κ1) is 6.99. The van der Waals surface area contributed by atoms with Crippen LogP contribution in [-0.2, 0) is 4.74 Å². The normalized spacial score (nSPS) is 25.7. The van der Waals surface area contributed by atoms with Gasteiger partial charge in [0.1, 0.15) is 0 Å². The minimum atomic E-state index is 0.132. The summed E-state index contributed by atoms with van der Waals surface area (Å²) in [6, 6.07) is 0.552. The molecule has 0 radical (unpaired) electrons. The van der Waals surface area contributed by atoms with Crippen LogP contribution in [0.2, 0.25) is 0 Å². The largest absolute Gasteiger partial charge is 0.394 e. The molecule has 3 heteroatoms. The second-order valence-electron chi connectivity index (χ2n) is 2.24. The van der Waals surface area contributed by atoms with Crippen LogP contribution in [-0.4, -0.2) is 37.5 Å². The average Bonchev–Trinajstić information content (AvgIpc) is 1.76. The summed E-state index contributed by atoms with van der Waals surface area (Å²) in [5, 5.41) is 11.5. The molecule has 1 fully saturated rings. The van der Waals surface area contributed by atoms with Crippen molar-refractivity contribution in [3.63, 3.8) is 0 Å². The topological polar surface area (TPSA) is 41.5 Å². The number of nitrogens with one attached hydrogen (secondary N) is 1. The lowest BCUT2D eigenvalue weighted by molar-refractivity contribution is 0.0636. The van der Waals surface area contributed by atoms with Crippen molar-refractivity contribution in [3.8, 4) is 0 Å². The van der Waals surface area contributed by atoms with Gasteiger partial charge in [-0.15, -0.1) is 0 Å². The molecule has 3 nitrogen and oxygen atoms in total. The van der Waals surface area contributed by atoms with Crippen molar-refractivity contribution in [2.45, 2.75) is 12.5 Å². The Morgan fingerprint density at radius 2 is 2.44 bits per heavy atom. The van der Waals surface area contributed by atoms with Gasteiger partial charge in [-0.05, 0) is 13.0 Å². The van der Waals surface area contributed by atoms with Gasteiger partial charge in [-0.1, -0.05) is 0 Å². The lowest BCUT2D eigenvalue weighted by Gasteiger charge is -2.26. The monoisotopic (exact) mass is 131 g/mol. The minimum absolute atomic E-state index is 0.132. The van der Waals surface area contributed by atoms with E-state index >= 15 is 0 Å². The molecule has 1 heterocycles. The van der Waals surface area contributed by atoms with Crippen LogP contribution in [0.3, 0.4) is 0 Å². The summed E-state index contributed by atoms with van der Waals surface area (Å²) in [4.78, 5) is 0. The molecule has 1 atom stereocenters. The average molecular weight is 131 g/mol. The van der Waals surface area contributed by atoms with E-state index in [0.717, 1.165) is 13.2 Å². The molecule has 54 valence electrons. The van der Waals surface area contributed by atoms with Crippen LogP contribution in [0.4, 0.5) is 0 Å². The molecule has 0 amide bonds. The zero-order chi connectivity index (χ0) is 6.53. The summed E-state index contributed by atoms with van der Waals surface area (Å²) in [7, 11) is 0. The van der Waals surface area contributed by atoms with E-state index in [1.165, 1.54) is 6.42 Å². The summed E-state index contributed by atoms with van der Waals surface area (Å²) in [6.07, 6.45) is 1.21. The maximum absolute atomic E-state index is 8.32. The molecule has 0 aromatic rings. The Balaban J connectivity index is 1.80. The number of rotatable bonds is 4. The van der Waals surface area contributed by atoms with Gasteiger partial charge >= 0.3 is 0 Å². The number of ether oxygens (including phenoxy) is 1. The standard InChI is InChI=1S/C6H13NO2/c8-3-4-9-5-6-1-2-7-6/h6-8H,1-5H2.